The standard InChI is InChI=1S/C24H21N5O3/c1-29(2)20-13-11-16(12-14-20)21(30)25-19-10-6-9-18(15-19)22(31)26-24-28-27-23(32-24)17-7-4-3-5-8-17/h3-15H,1-2H3,(H,25,30)(H,26,28,31). The lowest BCUT2D eigenvalue weighted by Crippen LogP contribution is -2.15. The molecule has 0 radical (unpaired) electrons. The smallest absolute Gasteiger partial charge is 0.322 e. The Morgan fingerprint density at radius 2 is 1.50 bits per heavy atom. The predicted molar refractivity (Wildman–Crippen MR) is 123 cm³/mol. The first-order valence-corrected chi connectivity index (χ1v) is 9.89. The summed E-state index contributed by atoms with van der Waals surface area (Å²) < 4.78 is 5.51. The van der Waals surface area contributed by atoms with Crippen LogP contribution >= 0.6 is 0 Å². The molecular weight excluding hydrogens is 406 g/mol. The highest BCUT2D eigenvalue weighted by Gasteiger charge is 2.14. The predicted octanol–water partition coefficient (Wildman–Crippen LogP) is 4.31. The second-order valence-corrected chi connectivity index (χ2v) is 7.21. The first-order valence-electron chi connectivity index (χ1n) is 9.89. The van der Waals surface area contributed by atoms with Crippen molar-refractivity contribution < 1.29 is 14.0 Å². The van der Waals surface area contributed by atoms with Crippen LogP contribution in [0.15, 0.2) is 83.3 Å². The van der Waals surface area contributed by atoms with Gasteiger partial charge in [-0.3, -0.25) is 14.9 Å². The van der Waals surface area contributed by atoms with Gasteiger partial charge in [0.2, 0.25) is 5.89 Å². The number of rotatable bonds is 6. The molecule has 0 saturated carbocycles. The number of amides is 2. The largest absolute Gasteiger partial charge is 0.403 e. The average molecular weight is 427 g/mol. The van der Waals surface area contributed by atoms with E-state index in [2.05, 4.69) is 20.8 Å². The molecule has 0 unspecified atom stereocenters. The van der Waals surface area contributed by atoms with Crippen molar-refractivity contribution in [2.24, 2.45) is 0 Å². The minimum Gasteiger partial charge on any atom is -0.403 e. The van der Waals surface area contributed by atoms with E-state index >= 15 is 0 Å². The summed E-state index contributed by atoms with van der Waals surface area (Å²) in [6.07, 6.45) is 0. The van der Waals surface area contributed by atoms with Crippen molar-refractivity contribution in [1.82, 2.24) is 10.2 Å². The molecule has 0 aliphatic carbocycles. The van der Waals surface area contributed by atoms with Crippen molar-refractivity contribution in [2.45, 2.75) is 0 Å². The number of nitrogens with one attached hydrogen (secondary N) is 2. The molecule has 0 spiro atoms. The van der Waals surface area contributed by atoms with Crippen molar-refractivity contribution in [3.63, 3.8) is 0 Å². The molecule has 1 aromatic heterocycles. The van der Waals surface area contributed by atoms with Gasteiger partial charge in [0.05, 0.1) is 0 Å². The van der Waals surface area contributed by atoms with E-state index in [1.807, 2.05) is 61.5 Å². The normalized spacial score (nSPS) is 10.4. The molecular formula is C24H21N5O3. The first-order chi connectivity index (χ1) is 15.5. The highest BCUT2D eigenvalue weighted by Crippen LogP contribution is 2.20. The number of hydrogen-bond donors (Lipinski definition) is 2. The Labute approximate surface area is 184 Å². The first kappa shape index (κ1) is 20.8. The lowest BCUT2D eigenvalue weighted by Gasteiger charge is -2.12. The van der Waals surface area contributed by atoms with E-state index in [4.69, 9.17) is 4.42 Å². The van der Waals surface area contributed by atoms with Gasteiger partial charge >= 0.3 is 6.01 Å². The van der Waals surface area contributed by atoms with Crippen LogP contribution in [0.1, 0.15) is 20.7 Å². The van der Waals surface area contributed by atoms with Crippen molar-refractivity contribution >= 4 is 29.2 Å². The van der Waals surface area contributed by atoms with Crippen LogP contribution in [0.2, 0.25) is 0 Å². The summed E-state index contributed by atoms with van der Waals surface area (Å²) in [5.41, 5.74) is 3.10. The summed E-state index contributed by atoms with van der Waals surface area (Å²) >= 11 is 0. The Balaban J connectivity index is 1.43. The van der Waals surface area contributed by atoms with Crippen molar-refractivity contribution in [1.29, 1.82) is 0 Å². The molecule has 2 N–H and O–H groups in total. The molecule has 0 bridgehead atoms. The number of benzene rings is 3. The van der Waals surface area contributed by atoms with Crippen molar-refractivity contribution in [2.75, 3.05) is 29.6 Å². The monoisotopic (exact) mass is 427 g/mol. The van der Waals surface area contributed by atoms with Crippen LogP contribution in [0.5, 0.6) is 0 Å². The zero-order valence-electron chi connectivity index (χ0n) is 17.6. The fourth-order valence-corrected chi connectivity index (χ4v) is 2.99. The maximum atomic E-state index is 12.6. The molecule has 32 heavy (non-hydrogen) atoms. The van der Waals surface area contributed by atoms with E-state index in [-0.39, 0.29) is 11.9 Å². The van der Waals surface area contributed by atoms with Crippen LogP contribution in [0.4, 0.5) is 17.4 Å². The minimum atomic E-state index is -0.431. The van der Waals surface area contributed by atoms with Gasteiger partial charge in [0.1, 0.15) is 0 Å². The van der Waals surface area contributed by atoms with Crippen LogP contribution in [0, 0.1) is 0 Å². The summed E-state index contributed by atoms with van der Waals surface area (Å²) in [6, 6.07) is 23.1. The summed E-state index contributed by atoms with van der Waals surface area (Å²) in [7, 11) is 3.87. The summed E-state index contributed by atoms with van der Waals surface area (Å²) in [4.78, 5) is 27.1. The number of nitrogens with zero attached hydrogens (tertiary/aromatic N) is 3. The third-order valence-electron chi connectivity index (χ3n) is 4.69. The van der Waals surface area contributed by atoms with E-state index in [1.54, 1.807) is 36.4 Å². The zero-order valence-corrected chi connectivity index (χ0v) is 17.6. The van der Waals surface area contributed by atoms with Crippen LogP contribution in [0.25, 0.3) is 11.5 Å². The lowest BCUT2D eigenvalue weighted by molar-refractivity contribution is 0.101. The molecule has 0 saturated heterocycles. The molecule has 3 aromatic carbocycles. The Morgan fingerprint density at radius 3 is 2.22 bits per heavy atom. The quantitative estimate of drug-likeness (QED) is 0.476. The van der Waals surface area contributed by atoms with E-state index in [9.17, 15) is 9.59 Å². The molecule has 4 rings (SSSR count). The Hall–Kier alpha value is -4.46. The Morgan fingerprint density at radius 1 is 0.781 bits per heavy atom. The van der Waals surface area contributed by atoms with E-state index in [0.29, 0.717) is 22.7 Å². The van der Waals surface area contributed by atoms with Crippen molar-refractivity contribution in [3.05, 3.63) is 90.0 Å². The van der Waals surface area contributed by atoms with Crippen molar-refractivity contribution in [3.8, 4) is 11.5 Å². The van der Waals surface area contributed by atoms with Crippen LogP contribution in [0.3, 0.4) is 0 Å². The third-order valence-corrected chi connectivity index (χ3v) is 4.69. The summed E-state index contributed by atoms with van der Waals surface area (Å²) in [5.74, 6) is -0.390. The molecule has 0 aliphatic heterocycles. The van der Waals surface area contributed by atoms with Crippen LogP contribution < -0.4 is 15.5 Å². The lowest BCUT2D eigenvalue weighted by atomic mass is 10.1. The molecule has 0 fully saturated rings. The van der Waals surface area contributed by atoms with Gasteiger partial charge in [0.25, 0.3) is 11.8 Å². The zero-order chi connectivity index (χ0) is 22.5. The van der Waals surface area contributed by atoms with Gasteiger partial charge in [-0.05, 0) is 54.6 Å². The second-order valence-electron chi connectivity index (χ2n) is 7.21. The van der Waals surface area contributed by atoms with Gasteiger partial charge in [0.15, 0.2) is 0 Å². The summed E-state index contributed by atoms with van der Waals surface area (Å²) in [5, 5.41) is 13.2. The van der Waals surface area contributed by atoms with E-state index in [1.165, 1.54) is 0 Å². The number of hydrogen-bond acceptors (Lipinski definition) is 6. The second kappa shape index (κ2) is 9.13. The average Bonchev–Trinajstić information content (AvgIpc) is 3.28. The van der Waals surface area contributed by atoms with E-state index in [0.717, 1.165) is 11.3 Å². The molecule has 1 heterocycles. The maximum absolute atomic E-state index is 12.6. The molecule has 8 heteroatoms. The van der Waals surface area contributed by atoms with Gasteiger partial charge in [-0.15, -0.1) is 5.10 Å². The van der Waals surface area contributed by atoms with Crippen LogP contribution in [-0.4, -0.2) is 36.1 Å². The fourth-order valence-electron chi connectivity index (χ4n) is 2.99. The number of anilines is 3. The molecule has 2 amide bonds. The Bertz CT molecular complexity index is 1230. The molecule has 8 nitrogen and oxygen atoms in total. The topological polar surface area (TPSA) is 100 Å². The van der Waals surface area contributed by atoms with Gasteiger partial charge in [0, 0.05) is 42.2 Å². The number of aromatic nitrogens is 2. The number of carbonyl (C=O) groups excluding carboxylic acids is 2. The molecule has 160 valence electrons. The molecule has 4 aromatic rings. The van der Waals surface area contributed by atoms with Gasteiger partial charge in [-0.1, -0.05) is 29.4 Å². The van der Waals surface area contributed by atoms with E-state index < -0.39 is 5.91 Å². The minimum absolute atomic E-state index is 0.00993. The fraction of sp³-hybridized carbons (Fsp3) is 0.0833. The molecule has 0 aliphatic rings. The highest BCUT2D eigenvalue weighted by molar-refractivity contribution is 6.07. The number of carbonyl (C=O) groups is 2. The summed E-state index contributed by atoms with van der Waals surface area (Å²) in [6.45, 7) is 0. The van der Waals surface area contributed by atoms with Gasteiger partial charge < -0.3 is 14.6 Å². The van der Waals surface area contributed by atoms with Gasteiger partial charge in [-0.25, -0.2) is 0 Å². The maximum Gasteiger partial charge on any atom is 0.322 e. The Kier molecular flexibility index (Phi) is 5.94. The molecule has 0 atom stereocenters. The highest BCUT2D eigenvalue weighted by atomic mass is 16.4. The SMILES string of the molecule is CN(C)c1ccc(C(=O)Nc2cccc(C(=O)Nc3nnc(-c4ccccc4)o3)c2)cc1. The van der Waals surface area contributed by atoms with Gasteiger partial charge in [-0.2, -0.15) is 0 Å². The van der Waals surface area contributed by atoms with Crippen LogP contribution in [-0.2, 0) is 0 Å². The third kappa shape index (κ3) is 4.81.